The van der Waals surface area contributed by atoms with Crippen LogP contribution in [0.15, 0.2) is 12.1 Å². The molecule has 1 aliphatic rings. The highest BCUT2D eigenvalue weighted by Gasteiger charge is 2.22. The Kier molecular flexibility index (Phi) is 2.94. The fourth-order valence-corrected chi connectivity index (χ4v) is 1.25. The van der Waals surface area contributed by atoms with Gasteiger partial charge in [0.05, 0.1) is 18.9 Å². The number of nitrogens with two attached hydrogens (primary N) is 1. The molecule has 1 fully saturated rings. The normalized spacial score (nSPS) is 15.0. The van der Waals surface area contributed by atoms with Gasteiger partial charge in [-0.1, -0.05) is 0 Å². The van der Waals surface area contributed by atoms with Crippen LogP contribution in [0.1, 0.15) is 19.8 Å². The van der Waals surface area contributed by atoms with Crippen molar-refractivity contribution in [2.45, 2.75) is 19.8 Å². The van der Waals surface area contributed by atoms with Gasteiger partial charge in [0.2, 0.25) is 11.8 Å². The molecule has 0 aromatic carbocycles. The third-order valence-corrected chi connectivity index (χ3v) is 2.31. The van der Waals surface area contributed by atoms with Crippen LogP contribution >= 0.6 is 0 Å². The number of pyridine rings is 1. The number of aromatic nitrogens is 1. The Labute approximate surface area is 89.4 Å². The molecular formula is C11H16N2O2. The van der Waals surface area contributed by atoms with Gasteiger partial charge in [-0.15, -0.1) is 0 Å². The van der Waals surface area contributed by atoms with Gasteiger partial charge in [-0.05, 0) is 31.7 Å². The van der Waals surface area contributed by atoms with E-state index < -0.39 is 0 Å². The quantitative estimate of drug-likeness (QED) is 0.802. The first-order chi connectivity index (χ1) is 7.29. The predicted molar refractivity (Wildman–Crippen MR) is 58.0 cm³/mol. The van der Waals surface area contributed by atoms with Gasteiger partial charge in [-0.3, -0.25) is 0 Å². The molecule has 2 rings (SSSR count). The molecule has 82 valence electrons. The van der Waals surface area contributed by atoms with Gasteiger partial charge in [-0.25, -0.2) is 0 Å². The van der Waals surface area contributed by atoms with Crippen molar-refractivity contribution in [3.05, 3.63) is 12.1 Å². The van der Waals surface area contributed by atoms with E-state index in [0.29, 0.717) is 24.1 Å². The fraction of sp³-hybridized carbons (Fsp3) is 0.545. The maximum Gasteiger partial charge on any atom is 0.240 e. The van der Waals surface area contributed by atoms with Crippen molar-refractivity contribution in [1.82, 2.24) is 4.98 Å². The van der Waals surface area contributed by atoms with Crippen molar-refractivity contribution < 1.29 is 9.47 Å². The number of nitrogen functional groups attached to an aromatic ring is 1. The monoisotopic (exact) mass is 208 g/mol. The first kappa shape index (κ1) is 10.1. The van der Waals surface area contributed by atoms with E-state index in [2.05, 4.69) is 4.98 Å². The topological polar surface area (TPSA) is 57.4 Å². The first-order valence-electron chi connectivity index (χ1n) is 5.31. The summed E-state index contributed by atoms with van der Waals surface area (Å²) < 4.78 is 10.8. The Balaban J connectivity index is 1.99. The highest BCUT2D eigenvalue weighted by atomic mass is 16.5. The molecule has 15 heavy (non-hydrogen) atoms. The average Bonchev–Trinajstić information content (AvgIpc) is 3.03. The van der Waals surface area contributed by atoms with Gasteiger partial charge >= 0.3 is 0 Å². The van der Waals surface area contributed by atoms with Gasteiger partial charge in [0, 0.05) is 6.07 Å². The van der Waals surface area contributed by atoms with E-state index in [1.165, 1.54) is 12.8 Å². The third-order valence-electron chi connectivity index (χ3n) is 2.31. The molecule has 0 amide bonds. The molecule has 1 aromatic heterocycles. The minimum Gasteiger partial charge on any atom is -0.477 e. The van der Waals surface area contributed by atoms with Gasteiger partial charge in [0.1, 0.15) is 0 Å². The summed E-state index contributed by atoms with van der Waals surface area (Å²) in [6, 6.07) is 3.54. The van der Waals surface area contributed by atoms with Gasteiger partial charge in [0.25, 0.3) is 0 Å². The zero-order valence-corrected chi connectivity index (χ0v) is 8.90. The van der Waals surface area contributed by atoms with Crippen molar-refractivity contribution in [2.75, 3.05) is 18.9 Å². The Morgan fingerprint density at radius 2 is 2.20 bits per heavy atom. The average molecular weight is 208 g/mol. The second-order valence-corrected chi connectivity index (χ2v) is 3.73. The summed E-state index contributed by atoms with van der Waals surface area (Å²) in [6.07, 6.45) is 2.54. The maximum atomic E-state index is 5.70. The SMILES string of the molecule is CCOc1nc(OCC2CC2)ccc1N. The van der Waals surface area contributed by atoms with Crippen molar-refractivity contribution in [2.24, 2.45) is 5.92 Å². The van der Waals surface area contributed by atoms with E-state index in [1.807, 2.05) is 6.92 Å². The third kappa shape index (κ3) is 2.75. The number of nitrogens with zero attached hydrogens (tertiary/aromatic N) is 1. The molecule has 1 saturated carbocycles. The lowest BCUT2D eigenvalue weighted by Crippen LogP contribution is -2.04. The largest absolute Gasteiger partial charge is 0.477 e. The van der Waals surface area contributed by atoms with Crippen LogP contribution in [-0.4, -0.2) is 18.2 Å². The van der Waals surface area contributed by atoms with Crippen molar-refractivity contribution in [1.29, 1.82) is 0 Å². The van der Waals surface area contributed by atoms with Crippen LogP contribution < -0.4 is 15.2 Å². The molecule has 0 saturated heterocycles. The van der Waals surface area contributed by atoms with Crippen LogP contribution in [0.5, 0.6) is 11.8 Å². The van der Waals surface area contributed by atoms with E-state index in [-0.39, 0.29) is 0 Å². The van der Waals surface area contributed by atoms with E-state index in [4.69, 9.17) is 15.2 Å². The number of hydrogen-bond donors (Lipinski definition) is 1. The fourth-order valence-electron chi connectivity index (χ4n) is 1.25. The molecule has 0 atom stereocenters. The van der Waals surface area contributed by atoms with Crippen LogP contribution in [0.3, 0.4) is 0 Å². The van der Waals surface area contributed by atoms with Gasteiger partial charge < -0.3 is 15.2 Å². The van der Waals surface area contributed by atoms with Crippen molar-refractivity contribution in [3.63, 3.8) is 0 Å². The standard InChI is InChI=1S/C11H16N2O2/c1-2-14-11-9(12)5-6-10(13-11)15-7-8-3-4-8/h5-6,8H,2-4,7,12H2,1H3. The van der Waals surface area contributed by atoms with E-state index in [0.717, 1.165) is 12.5 Å². The lowest BCUT2D eigenvalue weighted by molar-refractivity contribution is 0.276. The second-order valence-electron chi connectivity index (χ2n) is 3.73. The predicted octanol–water partition coefficient (Wildman–Crippen LogP) is 1.85. The summed E-state index contributed by atoms with van der Waals surface area (Å²) in [7, 11) is 0. The number of rotatable bonds is 5. The van der Waals surface area contributed by atoms with Gasteiger partial charge in [-0.2, -0.15) is 4.98 Å². The molecule has 0 aliphatic heterocycles. The summed E-state index contributed by atoms with van der Waals surface area (Å²) in [6.45, 7) is 3.21. The minimum absolute atomic E-state index is 0.464. The van der Waals surface area contributed by atoms with E-state index in [1.54, 1.807) is 12.1 Å². The Morgan fingerprint density at radius 3 is 2.87 bits per heavy atom. The van der Waals surface area contributed by atoms with Crippen LogP contribution in [0.25, 0.3) is 0 Å². The van der Waals surface area contributed by atoms with E-state index >= 15 is 0 Å². The van der Waals surface area contributed by atoms with Crippen LogP contribution in [0, 0.1) is 5.92 Å². The molecule has 0 bridgehead atoms. The number of ether oxygens (including phenoxy) is 2. The Bertz CT molecular complexity index is 337. The lowest BCUT2D eigenvalue weighted by Gasteiger charge is -2.08. The van der Waals surface area contributed by atoms with Crippen molar-refractivity contribution >= 4 is 5.69 Å². The number of anilines is 1. The second kappa shape index (κ2) is 4.38. The van der Waals surface area contributed by atoms with Crippen LogP contribution in [0.2, 0.25) is 0 Å². The molecule has 0 radical (unpaired) electrons. The zero-order chi connectivity index (χ0) is 10.7. The highest BCUT2D eigenvalue weighted by molar-refractivity contribution is 5.49. The molecule has 4 nitrogen and oxygen atoms in total. The minimum atomic E-state index is 0.464. The first-order valence-corrected chi connectivity index (χ1v) is 5.31. The Morgan fingerprint density at radius 1 is 1.40 bits per heavy atom. The van der Waals surface area contributed by atoms with Crippen LogP contribution in [0.4, 0.5) is 5.69 Å². The van der Waals surface area contributed by atoms with Crippen molar-refractivity contribution in [3.8, 4) is 11.8 Å². The molecule has 2 N–H and O–H groups in total. The maximum absolute atomic E-state index is 5.70. The summed E-state index contributed by atoms with van der Waals surface area (Å²) in [5.74, 6) is 1.78. The number of hydrogen-bond acceptors (Lipinski definition) is 4. The molecule has 4 heteroatoms. The summed E-state index contributed by atoms with van der Waals surface area (Å²) in [5.41, 5.74) is 6.25. The summed E-state index contributed by atoms with van der Waals surface area (Å²) >= 11 is 0. The van der Waals surface area contributed by atoms with Gasteiger partial charge in [0.15, 0.2) is 0 Å². The smallest absolute Gasteiger partial charge is 0.240 e. The summed E-state index contributed by atoms with van der Waals surface area (Å²) in [4.78, 5) is 4.19. The lowest BCUT2D eigenvalue weighted by atomic mass is 10.4. The molecule has 1 aromatic rings. The van der Waals surface area contributed by atoms with Crippen LogP contribution in [-0.2, 0) is 0 Å². The van der Waals surface area contributed by atoms with E-state index in [9.17, 15) is 0 Å². The molecule has 1 aliphatic carbocycles. The highest BCUT2D eigenvalue weighted by Crippen LogP contribution is 2.30. The molecule has 0 unspecified atom stereocenters. The molecule has 0 spiro atoms. The summed E-state index contributed by atoms with van der Waals surface area (Å²) in [5, 5.41) is 0. The Hall–Kier alpha value is -1.45. The zero-order valence-electron chi connectivity index (χ0n) is 8.90. The molecule has 1 heterocycles. The molecular weight excluding hydrogens is 192 g/mol.